The van der Waals surface area contributed by atoms with Crippen LogP contribution in [0.2, 0.25) is 0 Å². The Bertz CT molecular complexity index is 1150. The second-order valence-electron chi connectivity index (χ2n) is 22.9. The molecule has 73 heavy (non-hydrogen) atoms. The number of carbonyl (C=O) groups excluding carboxylic acids is 1. The number of carbonyl (C=O) groups is 1. The fourth-order valence-corrected chi connectivity index (χ4v) is 10.8. The molecule has 9 heteroatoms. The molecule has 0 aromatic heterocycles. The molecule has 0 aromatic rings. The van der Waals surface area contributed by atoms with Gasteiger partial charge in [0.2, 0.25) is 5.91 Å². The smallest absolute Gasteiger partial charge is 0.220 e. The Balaban J connectivity index is 1.98. The summed E-state index contributed by atoms with van der Waals surface area (Å²) in [6.07, 6.45) is 62.0. The maximum atomic E-state index is 13.0. The highest BCUT2D eigenvalue weighted by atomic mass is 16.7. The molecule has 1 rings (SSSR count). The third-order valence-corrected chi connectivity index (χ3v) is 15.9. The van der Waals surface area contributed by atoms with E-state index in [1.54, 1.807) is 6.08 Å². The molecule has 7 unspecified atom stereocenters. The molecule has 1 saturated heterocycles. The normalized spacial score (nSPS) is 19.0. The summed E-state index contributed by atoms with van der Waals surface area (Å²) in [6.45, 7) is 3.80. The van der Waals surface area contributed by atoms with Crippen molar-refractivity contribution in [2.75, 3.05) is 13.2 Å². The minimum atomic E-state index is -1.56. The number of hydrogen-bond donors (Lipinski definition) is 6. The van der Waals surface area contributed by atoms with E-state index in [9.17, 15) is 30.3 Å². The number of nitrogens with one attached hydrogen (secondary N) is 1. The van der Waals surface area contributed by atoms with Gasteiger partial charge in [0.1, 0.15) is 24.4 Å². The van der Waals surface area contributed by atoms with Gasteiger partial charge in [-0.15, -0.1) is 0 Å². The fraction of sp³-hybridized carbons (Fsp3) is 0.953. The van der Waals surface area contributed by atoms with E-state index in [1.165, 1.54) is 276 Å². The maximum absolute atomic E-state index is 13.0. The first-order valence-electron chi connectivity index (χ1n) is 32.4. The van der Waals surface area contributed by atoms with Gasteiger partial charge in [-0.2, -0.15) is 0 Å². The Morgan fingerprint density at radius 1 is 0.452 bits per heavy atom. The van der Waals surface area contributed by atoms with Gasteiger partial charge in [-0.05, 0) is 19.3 Å². The summed E-state index contributed by atoms with van der Waals surface area (Å²) in [6, 6.07) is -0.799. The summed E-state index contributed by atoms with van der Waals surface area (Å²) in [5, 5.41) is 54.4. The van der Waals surface area contributed by atoms with Crippen molar-refractivity contribution in [3.8, 4) is 0 Å². The van der Waals surface area contributed by atoms with Gasteiger partial charge >= 0.3 is 0 Å². The van der Waals surface area contributed by atoms with Gasteiger partial charge in [0.25, 0.3) is 0 Å². The van der Waals surface area contributed by atoms with E-state index in [0.29, 0.717) is 6.42 Å². The number of amides is 1. The van der Waals surface area contributed by atoms with Crippen LogP contribution in [0.3, 0.4) is 0 Å². The van der Waals surface area contributed by atoms with Crippen LogP contribution < -0.4 is 5.32 Å². The molecule has 0 aliphatic carbocycles. The Hall–Kier alpha value is -1.07. The van der Waals surface area contributed by atoms with E-state index in [1.807, 2.05) is 6.08 Å². The van der Waals surface area contributed by atoms with Crippen LogP contribution in [-0.4, -0.2) is 87.5 Å². The number of unbranched alkanes of at least 4 members (excludes halogenated alkanes) is 47. The van der Waals surface area contributed by atoms with Crippen molar-refractivity contribution in [2.45, 2.75) is 378 Å². The van der Waals surface area contributed by atoms with Gasteiger partial charge in [-0.3, -0.25) is 4.79 Å². The minimum absolute atomic E-state index is 0.171. The lowest BCUT2D eigenvalue weighted by molar-refractivity contribution is -0.302. The van der Waals surface area contributed by atoms with E-state index in [0.717, 1.165) is 38.5 Å². The highest BCUT2D eigenvalue weighted by Gasteiger charge is 2.44. The second kappa shape index (κ2) is 54.3. The zero-order valence-electron chi connectivity index (χ0n) is 48.4. The summed E-state index contributed by atoms with van der Waals surface area (Å²) < 4.78 is 11.2. The lowest BCUT2D eigenvalue weighted by Gasteiger charge is -2.40. The van der Waals surface area contributed by atoms with Crippen LogP contribution in [0, 0.1) is 0 Å². The van der Waals surface area contributed by atoms with Crippen LogP contribution in [0.15, 0.2) is 12.2 Å². The molecule has 0 radical (unpaired) electrons. The van der Waals surface area contributed by atoms with E-state index in [2.05, 4.69) is 19.2 Å². The van der Waals surface area contributed by atoms with Crippen molar-refractivity contribution >= 4 is 5.91 Å². The van der Waals surface area contributed by atoms with Gasteiger partial charge in [0.05, 0.1) is 25.4 Å². The molecule has 6 N–H and O–H groups in total. The first-order valence-corrected chi connectivity index (χ1v) is 32.4. The summed E-state index contributed by atoms with van der Waals surface area (Å²) in [5.41, 5.74) is 0. The lowest BCUT2D eigenvalue weighted by Crippen LogP contribution is -2.60. The molecule has 1 heterocycles. The van der Waals surface area contributed by atoms with E-state index >= 15 is 0 Å². The minimum Gasteiger partial charge on any atom is -0.394 e. The van der Waals surface area contributed by atoms with Crippen molar-refractivity contribution in [2.24, 2.45) is 0 Å². The molecule has 7 atom stereocenters. The number of aliphatic hydroxyl groups excluding tert-OH is 5. The van der Waals surface area contributed by atoms with Gasteiger partial charge in [0.15, 0.2) is 6.29 Å². The van der Waals surface area contributed by atoms with Crippen molar-refractivity contribution in [3.63, 3.8) is 0 Å². The van der Waals surface area contributed by atoms with E-state index in [4.69, 9.17) is 9.47 Å². The Morgan fingerprint density at radius 2 is 0.753 bits per heavy atom. The molecular formula is C64H125NO8. The second-order valence-corrected chi connectivity index (χ2v) is 22.9. The molecule has 434 valence electrons. The number of aliphatic hydroxyl groups is 5. The van der Waals surface area contributed by atoms with E-state index < -0.39 is 49.5 Å². The topological polar surface area (TPSA) is 149 Å². The first-order chi connectivity index (χ1) is 35.8. The van der Waals surface area contributed by atoms with Crippen molar-refractivity contribution in [1.82, 2.24) is 5.32 Å². The van der Waals surface area contributed by atoms with Crippen LogP contribution >= 0.6 is 0 Å². The SMILES string of the molecule is CCCCCCCCCCC/C=C/C(O)C(COC1OC(CO)C(O)C(O)C1O)NC(=O)CCCCCCCCCCCCCCCCCCCCCCCCCCCCCCCCCCCCCCCCC. The Labute approximate surface area is 452 Å². The molecule has 1 amide bonds. The summed E-state index contributed by atoms with van der Waals surface area (Å²) in [4.78, 5) is 13.0. The highest BCUT2D eigenvalue weighted by Crippen LogP contribution is 2.23. The van der Waals surface area contributed by atoms with Gasteiger partial charge in [0, 0.05) is 6.42 Å². The van der Waals surface area contributed by atoms with Gasteiger partial charge in [-0.25, -0.2) is 0 Å². The molecule has 0 spiro atoms. The third-order valence-electron chi connectivity index (χ3n) is 15.9. The molecular weight excluding hydrogens is 911 g/mol. The summed E-state index contributed by atoms with van der Waals surface area (Å²) in [7, 11) is 0. The number of rotatable bonds is 57. The average Bonchev–Trinajstić information content (AvgIpc) is 3.39. The van der Waals surface area contributed by atoms with Gasteiger partial charge < -0.3 is 40.3 Å². The molecule has 0 bridgehead atoms. The van der Waals surface area contributed by atoms with E-state index in [-0.39, 0.29) is 12.5 Å². The first kappa shape index (κ1) is 69.9. The van der Waals surface area contributed by atoms with Crippen LogP contribution in [0.25, 0.3) is 0 Å². The molecule has 1 fully saturated rings. The number of hydrogen-bond acceptors (Lipinski definition) is 8. The third kappa shape index (κ3) is 43.6. The number of ether oxygens (including phenoxy) is 2. The standard InChI is InChI=1S/C64H125NO8/c1-3-5-7-9-11-13-15-16-17-18-19-20-21-22-23-24-25-26-27-28-29-30-31-32-33-34-35-36-37-38-39-40-41-42-44-46-48-50-52-54-60(68)65-57(56-72-64-63(71)62(70)61(69)59(55-66)73-64)58(67)53-51-49-47-45-43-14-12-10-8-6-4-2/h51,53,57-59,61-64,66-67,69-71H,3-50,52,54-56H2,1-2H3,(H,65,68)/b53-51+. The zero-order valence-corrected chi connectivity index (χ0v) is 48.4. The van der Waals surface area contributed by atoms with Crippen molar-refractivity contribution < 1.29 is 39.8 Å². The zero-order chi connectivity index (χ0) is 52.9. The highest BCUT2D eigenvalue weighted by molar-refractivity contribution is 5.76. The van der Waals surface area contributed by atoms with Crippen LogP contribution in [-0.2, 0) is 14.3 Å². The molecule has 9 nitrogen and oxygen atoms in total. The quantitative estimate of drug-likeness (QED) is 0.0261. The van der Waals surface area contributed by atoms with Crippen LogP contribution in [0.5, 0.6) is 0 Å². The Morgan fingerprint density at radius 3 is 1.07 bits per heavy atom. The Kier molecular flexibility index (Phi) is 52.0. The average molecular weight is 1040 g/mol. The molecule has 1 aliphatic rings. The predicted octanol–water partition coefficient (Wildman–Crippen LogP) is 16.7. The summed E-state index contributed by atoms with van der Waals surface area (Å²) >= 11 is 0. The fourth-order valence-electron chi connectivity index (χ4n) is 10.8. The lowest BCUT2D eigenvalue weighted by atomic mass is 9.99. The van der Waals surface area contributed by atoms with Crippen LogP contribution in [0.1, 0.15) is 335 Å². The predicted molar refractivity (Wildman–Crippen MR) is 309 cm³/mol. The summed E-state index contributed by atoms with van der Waals surface area (Å²) in [5.74, 6) is -0.171. The molecule has 0 saturated carbocycles. The largest absolute Gasteiger partial charge is 0.394 e. The monoisotopic (exact) mass is 1040 g/mol. The number of allylic oxidation sites excluding steroid dienone is 1. The van der Waals surface area contributed by atoms with Gasteiger partial charge in [-0.1, -0.05) is 321 Å². The molecule has 1 aliphatic heterocycles. The van der Waals surface area contributed by atoms with Crippen molar-refractivity contribution in [1.29, 1.82) is 0 Å². The van der Waals surface area contributed by atoms with Crippen LogP contribution in [0.4, 0.5) is 0 Å². The molecule has 0 aromatic carbocycles. The van der Waals surface area contributed by atoms with Crippen molar-refractivity contribution in [3.05, 3.63) is 12.2 Å². The maximum Gasteiger partial charge on any atom is 0.220 e.